The first-order valence-corrected chi connectivity index (χ1v) is 11.0. The molecule has 3 aromatic rings. The van der Waals surface area contributed by atoms with Gasteiger partial charge in [-0.3, -0.25) is 4.79 Å². The Bertz CT molecular complexity index is 1260. The second kappa shape index (κ2) is 9.26. The third-order valence-corrected chi connectivity index (χ3v) is 6.66. The summed E-state index contributed by atoms with van der Waals surface area (Å²) >= 11 is 6.39. The van der Waals surface area contributed by atoms with Crippen LogP contribution in [0.4, 0.5) is 17.6 Å². The summed E-state index contributed by atoms with van der Waals surface area (Å²) in [5.74, 6) is -8.06. The van der Waals surface area contributed by atoms with Gasteiger partial charge in [-0.25, -0.2) is 17.6 Å². The van der Waals surface area contributed by atoms with E-state index in [-0.39, 0.29) is 11.5 Å². The van der Waals surface area contributed by atoms with Crippen LogP contribution in [0.25, 0.3) is 16.2 Å². The van der Waals surface area contributed by atoms with E-state index in [2.05, 4.69) is 0 Å². The van der Waals surface area contributed by atoms with E-state index in [0.29, 0.717) is 5.03 Å². The maximum Gasteiger partial charge on any atom is 0.310 e. The number of benzene rings is 3. The minimum absolute atomic E-state index is 0.0352. The van der Waals surface area contributed by atoms with Crippen LogP contribution in [0, 0.1) is 40.5 Å². The van der Waals surface area contributed by atoms with Gasteiger partial charge in [0, 0.05) is 5.03 Å². The molecule has 4 rings (SSSR count). The number of carbonyl (C=O) groups is 1. The van der Waals surface area contributed by atoms with Crippen molar-refractivity contribution in [2.75, 3.05) is 0 Å². The lowest BCUT2D eigenvalue weighted by Gasteiger charge is -2.13. The summed E-state index contributed by atoms with van der Waals surface area (Å²) in [5.41, 5.74) is -1.23. The molecule has 7 heteroatoms. The smallest absolute Gasteiger partial charge is 0.310 e. The van der Waals surface area contributed by atoms with Gasteiger partial charge >= 0.3 is 5.97 Å². The highest BCUT2D eigenvalue weighted by Gasteiger charge is 2.61. The normalized spacial score (nSPS) is 19.1. The Morgan fingerprint density at radius 3 is 2.12 bits per heavy atom. The Hall–Kier alpha value is -3.12. The van der Waals surface area contributed by atoms with Crippen LogP contribution in [0.15, 0.2) is 66.7 Å². The van der Waals surface area contributed by atoms with Gasteiger partial charge < -0.3 is 4.74 Å². The highest BCUT2D eigenvalue weighted by atomic mass is 35.5. The highest BCUT2D eigenvalue weighted by Crippen LogP contribution is 2.60. The molecule has 1 aliphatic rings. The summed E-state index contributed by atoms with van der Waals surface area (Å²) in [7, 11) is 0. The molecule has 0 bridgehead atoms. The summed E-state index contributed by atoms with van der Waals surface area (Å²) in [6.45, 7) is 2.83. The van der Waals surface area contributed by atoms with Crippen LogP contribution in [0.2, 0.25) is 0 Å². The van der Waals surface area contributed by atoms with E-state index >= 15 is 4.39 Å². The van der Waals surface area contributed by atoms with E-state index in [4.69, 9.17) is 16.3 Å². The van der Waals surface area contributed by atoms with Crippen molar-refractivity contribution in [3.05, 3.63) is 101 Å². The van der Waals surface area contributed by atoms with E-state index < -0.39 is 58.3 Å². The monoisotopic (exact) mass is 488 g/mol. The van der Waals surface area contributed by atoms with Crippen molar-refractivity contribution in [1.82, 2.24) is 0 Å². The molecular formula is C27H21ClF4O2. The van der Waals surface area contributed by atoms with Gasteiger partial charge in [-0.05, 0) is 22.5 Å². The molecule has 2 nitrogen and oxygen atoms in total. The number of esters is 1. The van der Waals surface area contributed by atoms with Crippen molar-refractivity contribution >= 4 is 22.6 Å². The van der Waals surface area contributed by atoms with Gasteiger partial charge in [0.1, 0.15) is 12.4 Å². The molecule has 34 heavy (non-hydrogen) atoms. The fourth-order valence-electron chi connectivity index (χ4n) is 4.19. The van der Waals surface area contributed by atoms with Gasteiger partial charge in [-0.15, -0.1) is 0 Å². The summed E-state index contributed by atoms with van der Waals surface area (Å²) < 4.78 is 63.2. The number of ether oxygens (including phenoxy) is 1. The molecule has 2 unspecified atom stereocenters. The van der Waals surface area contributed by atoms with Gasteiger partial charge in [-0.1, -0.05) is 92.2 Å². The average Bonchev–Trinajstić information content (AvgIpc) is 3.38. The molecule has 0 heterocycles. The van der Waals surface area contributed by atoms with Crippen LogP contribution in [0.3, 0.4) is 0 Å². The third kappa shape index (κ3) is 4.34. The Balaban J connectivity index is 1.55. The first kappa shape index (κ1) is 24.0. The van der Waals surface area contributed by atoms with Crippen molar-refractivity contribution in [3.63, 3.8) is 0 Å². The topological polar surface area (TPSA) is 26.3 Å². The molecule has 2 atom stereocenters. The maximum atomic E-state index is 15.1. The number of carbonyl (C=O) groups excluding carboxylic acids is 1. The van der Waals surface area contributed by atoms with Crippen LogP contribution in [0.5, 0.6) is 0 Å². The molecular weight excluding hydrogens is 468 g/mol. The molecule has 0 radical (unpaired) electrons. The van der Waals surface area contributed by atoms with Gasteiger partial charge in [0.05, 0.1) is 17.0 Å². The molecule has 176 valence electrons. The second-order valence-electron chi connectivity index (χ2n) is 8.79. The van der Waals surface area contributed by atoms with Gasteiger partial charge in [0.25, 0.3) is 0 Å². The quantitative estimate of drug-likeness (QED) is 0.155. The Kier molecular flexibility index (Phi) is 6.54. The minimum atomic E-state index is -1.83. The fourth-order valence-corrected chi connectivity index (χ4v) is 4.45. The van der Waals surface area contributed by atoms with E-state index in [9.17, 15) is 18.0 Å². The molecule has 0 N–H and O–H groups in total. The largest absolute Gasteiger partial charge is 0.460 e. The third-order valence-electron chi connectivity index (χ3n) is 6.32. The van der Waals surface area contributed by atoms with Crippen LogP contribution in [-0.2, 0) is 16.1 Å². The molecule has 1 aliphatic carbocycles. The van der Waals surface area contributed by atoms with Gasteiger partial charge in [0.2, 0.25) is 0 Å². The van der Waals surface area contributed by atoms with Crippen LogP contribution in [-0.4, -0.2) is 5.97 Å². The van der Waals surface area contributed by atoms with Crippen molar-refractivity contribution in [1.29, 1.82) is 0 Å². The first-order chi connectivity index (χ1) is 16.1. The SMILES string of the molecule is CC1(C)C(/C=C(\Cl)c2ccccc2)C1C(=O)OCc1c(F)c(F)c(F)c(-c2ccccc2)c1F. The molecule has 0 aliphatic heterocycles. The zero-order valence-electron chi connectivity index (χ0n) is 18.4. The Labute approximate surface area is 199 Å². The predicted molar refractivity (Wildman–Crippen MR) is 123 cm³/mol. The van der Waals surface area contributed by atoms with E-state index in [0.717, 1.165) is 5.56 Å². The fraction of sp³-hybridized carbons (Fsp3) is 0.222. The van der Waals surface area contributed by atoms with Crippen LogP contribution < -0.4 is 0 Å². The number of allylic oxidation sites excluding steroid dienone is 1. The van der Waals surface area contributed by atoms with Crippen LogP contribution >= 0.6 is 11.6 Å². The molecule has 0 spiro atoms. The van der Waals surface area contributed by atoms with E-state index in [1.165, 1.54) is 24.3 Å². The molecule has 1 saturated carbocycles. The summed E-state index contributed by atoms with van der Waals surface area (Å²) in [6, 6.07) is 16.6. The minimum Gasteiger partial charge on any atom is -0.460 e. The lowest BCUT2D eigenvalue weighted by atomic mass is 10.0. The predicted octanol–water partition coefficient (Wildman–Crippen LogP) is 7.51. The number of hydrogen-bond acceptors (Lipinski definition) is 2. The van der Waals surface area contributed by atoms with Crippen molar-refractivity contribution < 1.29 is 27.1 Å². The van der Waals surface area contributed by atoms with Crippen LogP contribution in [0.1, 0.15) is 25.0 Å². The molecule has 0 saturated heterocycles. The van der Waals surface area contributed by atoms with Crippen molar-refractivity contribution in [2.24, 2.45) is 17.3 Å². The number of hydrogen-bond donors (Lipinski definition) is 0. The van der Waals surface area contributed by atoms with Gasteiger partial charge in [0.15, 0.2) is 17.5 Å². The Morgan fingerprint density at radius 1 is 0.912 bits per heavy atom. The Morgan fingerprint density at radius 2 is 1.50 bits per heavy atom. The second-order valence-corrected chi connectivity index (χ2v) is 9.20. The average molecular weight is 489 g/mol. The summed E-state index contributed by atoms with van der Waals surface area (Å²) in [4.78, 5) is 12.7. The van der Waals surface area contributed by atoms with Crippen molar-refractivity contribution in [2.45, 2.75) is 20.5 Å². The summed E-state index contributed by atoms with van der Waals surface area (Å²) in [6.07, 6.45) is 1.76. The lowest BCUT2D eigenvalue weighted by molar-refractivity contribution is -0.147. The summed E-state index contributed by atoms with van der Waals surface area (Å²) in [5, 5.41) is 0.471. The first-order valence-electron chi connectivity index (χ1n) is 10.6. The van der Waals surface area contributed by atoms with E-state index in [1.807, 2.05) is 44.2 Å². The maximum absolute atomic E-state index is 15.1. The number of rotatable bonds is 6. The molecule has 3 aromatic carbocycles. The standard InChI is InChI=1S/C27H21ClF4O2/c1-27(2)18(13-19(28)15-9-5-3-6-10-15)21(27)26(33)34-14-17-22(29)20(16-11-7-4-8-12-16)24(31)25(32)23(17)30/h3-13,18,21H,14H2,1-2H3/b19-13-. The zero-order chi connectivity index (χ0) is 24.6. The van der Waals surface area contributed by atoms with E-state index in [1.54, 1.807) is 12.1 Å². The molecule has 0 aromatic heterocycles. The lowest BCUT2D eigenvalue weighted by Crippen LogP contribution is -2.14. The number of halogens is 5. The zero-order valence-corrected chi connectivity index (χ0v) is 19.2. The highest BCUT2D eigenvalue weighted by molar-refractivity contribution is 6.48. The molecule has 0 amide bonds. The molecule has 1 fully saturated rings. The van der Waals surface area contributed by atoms with Gasteiger partial charge in [-0.2, -0.15) is 0 Å². The van der Waals surface area contributed by atoms with Crippen molar-refractivity contribution in [3.8, 4) is 11.1 Å².